The second-order valence-corrected chi connectivity index (χ2v) is 9.25. The Balaban J connectivity index is 1.44. The number of hydrogen-bond acceptors (Lipinski definition) is 3. The van der Waals surface area contributed by atoms with Crippen LogP contribution in [0.4, 0.5) is 0 Å². The fraction of sp³-hybridized carbons (Fsp3) is 0.440. The number of amides is 2. The topological polar surface area (TPSA) is 49.4 Å². The molecule has 160 valence electrons. The molecule has 1 saturated heterocycles. The number of rotatable bonds is 8. The molecule has 0 aromatic heterocycles. The first kappa shape index (κ1) is 22.4. The third kappa shape index (κ3) is 6.11. The highest BCUT2D eigenvalue weighted by Gasteiger charge is 2.29. The Kier molecular flexibility index (Phi) is 8.38. The Morgan fingerprint density at radius 2 is 1.63 bits per heavy atom. The lowest BCUT2D eigenvalue weighted by Gasteiger charge is -2.35. The number of piperidine rings is 1. The molecule has 2 amide bonds. The van der Waals surface area contributed by atoms with Crippen LogP contribution in [-0.2, 0) is 15.3 Å². The van der Waals surface area contributed by atoms with Crippen LogP contribution in [0.5, 0.6) is 0 Å². The maximum Gasteiger partial charge on any atom is 0.233 e. The van der Waals surface area contributed by atoms with Gasteiger partial charge in [0.2, 0.25) is 11.8 Å². The van der Waals surface area contributed by atoms with Gasteiger partial charge in [0.25, 0.3) is 0 Å². The van der Waals surface area contributed by atoms with Gasteiger partial charge in [-0.05, 0) is 37.3 Å². The smallest absolute Gasteiger partial charge is 0.233 e. The standard InChI is InChI=1S/C25H32N2O2S/c1-3-23(21-12-8-5-9-13-21)25(29)27-16-14-22(15-17-27)26-24(28)19(2)30-18-20-10-6-4-7-11-20/h4-13,19,22-23H,3,14-18H2,1-2H3,(H,26,28). The van der Waals surface area contributed by atoms with Crippen molar-refractivity contribution in [2.75, 3.05) is 13.1 Å². The molecule has 1 N–H and O–H groups in total. The van der Waals surface area contributed by atoms with Gasteiger partial charge in [-0.15, -0.1) is 11.8 Å². The molecule has 0 aliphatic carbocycles. The molecule has 0 radical (unpaired) electrons. The van der Waals surface area contributed by atoms with Gasteiger partial charge in [0, 0.05) is 24.9 Å². The zero-order chi connectivity index (χ0) is 21.3. The quantitative estimate of drug-likeness (QED) is 0.673. The highest BCUT2D eigenvalue weighted by Crippen LogP contribution is 2.24. The molecule has 2 unspecified atom stereocenters. The fourth-order valence-corrected chi connectivity index (χ4v) is 4.75. The SMILES string of the molecule is CCC(C(=O)N1CCC(NC(=O)C(C)SCc2ccccc2)CC1)c1ccccc1. The van der Waals surface area contributed by atoms with Crippen LogP contribution in [0, 0.1) is 0 Å². The maximum atomic E-state index is 13.0. The highest BCUT2D eigenvalue weighted by molar-refractivity contribution is 7.99. The van der Waals surface area contributed by atoms with Crippen molar-refractivity contribution >= 4 is 23.6 Å². The molecule has 4 nitrogen and oxygen atoms in total. The van der Waals surface area contributed by atoms with Gasteiger partial charge in [-0.2, -0.15) is 0 Å². The van der Waals surface area contributed by atoms with E-state index in [0.29, 0.717) is 13.1 Å². The predicted molar refractivity (Wildman–Crippen MR) is 124 cm³/mol. The number of benzene rings is 2. The Labute approximate surface area is 184 Å². The Morgan fingerprint density at radius 3 is 2.23 bits per heavy atom. The molecule has 0 saturated carbocycles. The minimum absolute atomic E-state index is 0.0771. The van der Waals surface area contributed by atoms with E-state index in [2.05, 4.69) is 24.4 Å². The summed E-state index contributed by atoms with van der Waals surface area (Å²) in [6.45, 7) is 5.45. The van der Waals surface area contributed by atoms with E-state index in [1.165, 1.54) is 5.56 Å². The van der Waals surface area contributed by atoms with Crippen molar-refractivity contribution in [3.63, 3.8) is 0 Å². The largest absolute Gasteiger partial charge is 0.352 e. The molecule has 1 fully saturated rings. The monoisotopic (exact) mass is 424 g/mol. The van der Waals surface area contributed by atoms with Crippen LogP contribution < -0.4 is 5.32 Å². The van der Waals surface area contributed by atoms with E-state index >= 15 is 0 Å². The van der Waals surface area contributed by atoms with Gasteiger partial charge in [-0.3, -0.25) is 9.59 Å². The van der Waals surface area contributed by atoms with Crippen LogP contribution in [0.25, 0.3) is 0 Å². The second kappa shape index (κ2) is 11.2. The minimum atomic E-state index is -0.0904. The average molecular weight is 425 g/mol. The van der Waals surface area contributed by atoms with Crippen molar-refractivity contribution < 1.29 is 9.59 Å². The van der Waals surface area contributed by atoms with Gasteiger partial charge >= 0.3 is 0 Å². The van der Waals surface area contributed by atoms with E-state index in [0.717, 1.165) is 30.6 Å². The molecule has 3 rings (SSSR count). The lowest BCUT2D eigenvalue weighted by atomic mass is 9.93. The van der Waals surface area contributed by atoms with Crippen molar-refractivity contribution in [3.8, 4) is 0 Å². The zero-order valence-corrected chi connectivity index (χ0v) is 18.7. The predicted octanol–water partition coefficient (Wildman–Crippen LogP) is 4.61. The van der Waals surface area contributed by atoms with Crippen molar-refractivity contribution in [3.05, 3.63) is 71.8 Å². The molecule has 1 aliphatic heterocycles. The van der Waals surface area contributed by atoms with Crippen LogP contribution >= 0.6 is 11.8 Å². The van der Waals surface area contributed by atoms with E-state index in [9.17, 15) is 9.59 Å². The van der Waals surface area contributed by atoms with Gasteiger partial charge in [0.05, 0.1) is 11.2 Å². The molecule has 2 aromatic rings. The van der Waals surface area contributed by atoms with Crippen LogP contribution in [0.15, 0.2) is 60.7 Å². The second-order valence-electron chi connectivity index (χ2n) is 7.92. The first-order valence-corrected chi connectivity index (χ1v) is 11.9. The van der Waals surface area contributed by atoms with Crippen molar-refractivity contribution in [1.29, 1.82) is 0 Å². The lowest BCUT2D eigenvalue weighted by molar-refractivity contribution is -0.134. The molecule has 1 aliphatic rings. The minimum Gasteiger partial charge on any atom is -0.352 e. The van der Waals surface area contributed by atoms with Gasteiger partial charge in [0.1, 0.15) is 0 Å². The summed E-state index contributed by atoms with van der Waals surface area (Å²) in [5.41, 5.74) is 2.32. The van der Waals surface area contributed by atoms with E-state index in [1.54, 1.807) is 11.8 Å². The molecule has 5 heteroatoms. The van der Waals surface area contributed by atoms with Crippen molar-refractivity contribution in [1.82, 2.24) is 10.2 Å². The van der Waals surface area contributed by atoms with E-state index in [4.69, 9.17) is 0 Å². The van der Waals surface area contributed by atoms with E-state index < -0.39 is 0 Å². The molecule has 0 spiro atoms. The molecule has 2 atom stereocenters. The first-order valence-electron chi connectivity index (χ1n) is 10.9. The summed E-state index contributed by atoms with van der Waals surface area (Å²) >= 11 is 1.66. The first-order chi connectivity index (χ1) is 14.6. The van der Waals surface area contributed by atoms with E-state index in [1.807, 2.05) is 60.4 Å². The summed E-state index contributed by atoms with van der Waals surface area (Å²) < 4.78 is 0. The number of carbonyl (C=O) groups is 2. The van der Waals surface area contributed by atoms with Gasteiger partial charge in [-0.25, -0.2) is 0 Å². The molecule has 0 bridgehead atoms. The summed E-state index contributed by atoms with van der Waals surface area (Å²) in [7, 11) is 0. The molecular weight excluding hydrogens is 392 g/mol. The third-order valence-electron chi connectivity index (χ3n) is 5.77. The summed E-state index contributed by atoms with van der Waals surface area (Å²) in [5.74, 6) is 1.06. The summed E-state index contributed by atoms with van der Waals surface area (Å²) in [6.07, 6.45) is 2.44. The Morgan fingerprint density at radius 1 is 1.03 bits per heavy atom. The van der Waals surface area contributed by atoms with Crippen LogP contribution in [0.3, 0.4) is 0 Å². The fourth-order valence-electron chi connectivity index (χ4n) is 3.89. The molecular formula is C25H32N2O2S. The summed E-state index contributed by atoms with van der Waals surface area (Å²) in [4.78, 5) is 27.6. The summed E-state index contributed by atoms with van der Waals surface area (Å²) in [6, 6.07) is 20.4. The zero-order valence-electron chi connectivity index (χ0n) is 17.9. The van der Waals surface area contributed by atoms with Crippen LogP contribution in [0.2, 0.25) is 0 Å². The Hall–Kier alpha value is -2.27. The summed E-state index contributed by atoms with van der Waals surface area (Å²) in [5, 5.41) is 3.10. The van der Waals surface area contributed by atoms with E-state index in [-0.39, 0.29) is 29.0 Å². The lowest BCUT2D eigenvalue weighted by Crippen LogP contribution is -2.49. The number of carbonyl (C=O) groups excluding carboxylic acids is 2. The number of nitrogens with zero attached hydrogens (tertiary/aromatic N) is 1. The van der Waals surface area contributed by atoms with Gasteiger partial charge in [0.15, 0.2) is 0 Å². The Bertz CT molecular complexity index is 804. The van der Waals surface area contributed by atoms with Gasteiger partial charge < -0.3 is 10.2 Å². The van der Waals surface area contributed by atoms with Crippen LogP contribution in [-0.4, -0.2) is 41.1 Å². The average Bonchev–Trinajstić information content (AvgIpc) is 2.79. The molecule has 30 heavy (non-hydrogen) atoms. The maximum absolute atomic E-state index is 13.0. The van der Waals surface area contributed by atoms with Crippen LogP contribution in [0.1, 0.15) is 50.2 Å². The van der Waals surface area contributed by atoms with Gasteiger partial charge in [-0.1, -0.05) is 67.6 Å². The number of hydrogen-bond donors (Lipinski definition) is 1. The number of likely N-dealkylation sites (tertiary alicyclic amines) is 1. The molecule has 1 heterocycles. The van der Waals surface area contributed by atoms with Crippen molar-refractivity contribution in [2.45, 2.75) is 56.1 Å². The number of nitrogens with one attached hydrogen (secondary N) is 1. The van der Waals surface area contributed by atoms with Crippen molar-refractivity contribution in [2.24, 2.45) is 0 Å². The highest BCUT2D eigenvalue weighted by atomic mass is 32.2. The molecule has 2 aromatic carbocycles. The number of thioether (sulfide) groups is 1. The normalized spacial score (nSPS) is 16.7. The third-order valence-corrected chi connectivity index (χ3v) is 6.99.